The first-order valence-electron chi connectivity index (χ1n) is 6.10. The van der Waals surface area contributed by atoms with Crippen LogP contribution in [0.5, 0.6) is 0 Å². The van der Waals surface area contributed by atoms with Crippen LogP contribution in [0.3, 0.4) is 0 Å². The van der Waals surface area contributed by atoms with Crippen LogP contribution >= 0.6 is 0 Å². The van der Waals surface area contributed by atoms with Crippen LogP contribution in [-0.2, 0) is 6.42 Å². The highest BCUT2D eigenvalue weighted by molar-refractivity contribution is 5.62. The Hall–Kier alpha value is -2.07. The molecule has 0 saturated heterocycles. The number of benzene rings is 1. The molecule has 1 aromatic carbocycles. The minimum atomic E-state index is 0.641. The second-order valence-electron chi connectivity index (χ2n) is 4.15. The Kier molecular flexibility index (Phi) is 4.15. The topological polar surface area (TPSA) is 63.0 Å². The van der Waals surface area contributed by atoms with E-state index in [2.05, 4.69) is 46.9 Å². The maximum absolute atomic E-state index is 5.33. The molecule has 0 saturated carbocycles. The maximum Gasteiger partial charge on any atom is 0.141 e. The molecule has 4 N–H and O–H groups in total. The summed E-state index contributed by atoms with van der Waals surface area (Å²) in [6.45, 7) is 2.18. The van der Waals surface area contributed by atoms with Crippen molar-refractivity contribution < 1.29 is 0 Å². The Bertz CT molecular complexity index is 493. The lowest BCUT2D eigenvalue weighted by molar-refractivity contribution is 0.922. The zero-order valence-electron chi connectivity index (χ0n) is 10.5. The first-order chi connectivity index (χ1) is 8.81. The number of hydrogen-bond donors (Lipinski definition) is 3. The second kappa shape index (κ2) is 6.02. The van der Waals surface area contributed by atoms with Crippen LogP contribution in [0.4, 0.5) is 17.2 Å². The fourth-order valence-electron chi connectivity index (χ4n) is 1.80. The van der Waals surface area contributed by atoms with E-state index in [-0.39, 0.29) is 0 Å². The Morgan fingerprint density at radius 1 is 1.11 bits per heavy atom. The highest BCUT2D eigenvalue weighted by Crippen LogP contribution is 2.18. The number of hydrazine groups is 1. The molecule has 0 aliphatic heterocycles. The van der Waals surface area contributed by atoms with Crippen molar-refractivity contribution in [3.05, 3.63) is 48.2 Å². The summed E-state index contributed by atoms with van der Waals surface area (Å²) in [4.78, 5) is 4.06. The van der Waals surface area contributed by atoms with Crippen molar-refractivity contribution in [3.63, 3.8) is 0 Å². The van der Waals surface area contributed by atoms with Crippen LogP contribution in [0.1, 0.15) is 18.9 Å². The summed E-state index contributed by atoms with van der Waals surface area (Å²) in [7, 11) is 0. The van der Waals surface area contributed by atoms with Gasteiger partial charge in [0.25, 0.3) is 0 Å². The molecule has 94 valence electrons. The average Bonchev–Trinajstić information content (AvgIpc) is 2.42. The fourth-order valence-corrected chi connectivity index (χ4v) is 1.80. The highest BCUT2D eigenvalue weighted by atomic mass is 15.2. The Labute approximate surface area is 107 Å². The van der Waals surface area contributed by atoms with Crippen molar-refractivity contribution in [3.8, 4) is 0 Å². The van der Waals surface area contributed by atoms with E-state index >= 15 is 0 Å². The van der Waals surface area contributed by atoms with Crippen LogP contribution in [0, 0.1) is 0 Å². The summed E-state index contributed by atoms with van der Waals surface area (Å²) in [5.74, 6) is 5.97. The first-order valence-corrected chi connectivity index (χ1v) is 6.10. The average molecular weight is 242 g/mol. The van der Waals surface area contributed by atoms with Gasteiger partial charge in [-0.05, 0) is 30.2 Å². The number of rotatable bonds is 5. The van der Waals surface area contributed by atoms with Gasteiger partial charge in [-0.1, -0.05) is 25.5 Å². The zero-order valence-corrected chi connectivity index (χ0v) is 10.5. The lowest BCUT2D eigenvalue weighted by Crippen LogP contribution is -2.08. The zero-order chi connectivity index (χ0) is 12.8. The standard InChI is InChI=1S/C14H18N4/c1-2-3-11-4-6-12(7-5-11)17-13-8-9-16-14(10-13)18-15/h4-10H,2-3,15H2,1H3,(H2,16,17,18). The van der Waals surface area contributed by atoms with Gasteiger partial charge in [-0.2, -0.15) is 0 Å². The molecule has 0 aliphatic rings. The van der Waals surface area contributed by atoms with Crippen molar-refractivity contribution in [1.29, 1.82) is 0 Å². The van der Waals surface area contributed by atoms with Gasteiger partial charge >= 0.3 is 0 Å². The molecule has 0 atom stereocenters. The van der Waals surface area contributed by atoms with Gasteiger partial charge in [-0.25, -0.2) is 10.8 Å². The number of aryl methyl sites for hydroxylation is 1. The van der Waals surface area contributed by atoms with Gasteiger partial charge in [-0.15, -0.1) is 0 Å². The number of nitrogens with two attached hydrogens (primary N) is 1. The minimum Gasteiger partial charge on any atom is -0.355 e. The molecule has 0 unspecified atom stereocenters. The third-order valence-electron chi connectivity index (χ3n) is 2.69. The van der Waals surface area contributed by atoms with Crippen LogP contribution in [0.15, 0.2) is 42.6 Å². The quantitative estimate of drug-likeness (QED) is 0.557. The molecule has 0 amide bonds. The van der Waals surface area contributed by atoms with Crippen molar-refractivity contribution in [2.75, 3.05) is 10.7 Å². The van der Waals surface area contributed by atoms with Crippen molar-refractivity contribution in [2.24, 2.45) is 5.84 Å². The number of nitrogen functional groups attached to an aromatic ring is 1. The molecule has 18 heavy (non-hydrogen) atoms. The summed E-state index contributed by atoms with van der Waals surface area (Å²) in [6.07, 6.45) is 4.00. The molecular weight excluding hydrogens is 224 g/mol. The van der Waals surface area contributed by atoms with Crippen LogP contribution in [0.25, 0.3) is 0 Å². The Balaban J connectivity index is 2.08. The van der Waals surface area contributed by atoms with Gasteiger partial charge in [0.2, 0.25) is 0 Å². The van der Waals surface area contributed by atoms with Crippen molar-refractivity contribution in [1.82, 2.24) is 4.98 Å². The molecular formula is C14H18N4. The van der Waals surface area contributed by atoms with Gasteiger partial charge in [0.05, 0.1) is 0 Å². The van der Waals surface area contributed by atoms with Gasteiger partial charge in [0.15, 0.2) is 0 Å². The second-order valence-corrected chi connectivity index (χ2v) is 4.15. The summed E-state index contributed by atoms with van der Waals surface area (Å²) >= 11 is 0. The van der Waals surface area contributed by atoms with Crippen LogP contribution < -0.4 is 16.6 Å². The van der Waals surface area contributed by atoms with E-state index < -0.39 is 0 Å². The van der Waals surface area contributed by atoms with Crippen molar-refractivity contribution in [2.45, 2.75) is 19.8 Å². The van der Waals surface area contributed by atoms with Gasteiger partial charge in [-0.3, -0.25) is 0 Å². The molecule has 4 heteroatoms. The third-order valence-corrected chi connectivity index (χ3v) is 2.69. The van der Waals surface area contributed by atoms with Crippen molar-refractivity contribution >= 4 is 17.2 Å². The molecule has 2 aromatic rings. The summed E-state index contributed by atoms with van der Waals surface area (Å²) in [5, 5.41) is 3.31. The van der Waals surface area contributed by atoms with E-state index in [9.17, 15) is 0 Å². The SMILES string of the molecule is CCCc1ccc(Nc2ccnc(NN)c2)cc1. The summed E-state index contributed by atoms with van der Waals surface area (Å²) in [5.41, 5.74) is 5.91. The lowest BCUT2D eigenvalue weighted by Gasteiger charge is -2.08. The number of pyridine rings is 1. The molecule has 0 radical (unpaired) electrons. The van der Waals surface area contributed by atoms with E-state index in [1.807, 2.05) is 12.1 Å². The van der Waals surface area contributed by atoms with Gasteiger partial charge in [0, 0.05) is 23.6 Å². The Morgan fingerprint density at radius 2 is 1.89 bits per heavy atom. The van der Waals surface area contributed by atoms with E-state index in [1.54, 1.807) is 6.20 Å². The first kappa shape index (κ1) is 12.4. The minimum absolute atomic E-state index is 0.641. The summed E-state index contributed by atoms with van der Waals surface area (Å²) in [6, 6.07) is 12.2. The number of hydrogen-bond acceptors (Lipinski definition) is 4. The fraction of sp³-hybridized carbons (Fsp3) is 0.214. The van der Waals surface area contributed by atoms with Crippen LogP contribution in [-0.4, -0.2) is 4.98 Å². The number of aromatic nitrogens is 1. The number of anilines is 3. The molecule has 4 nitrogen and oxygen atoms in total. The highest BCUT2D eigenvalue weighted by Gasteiger charge is 1.97. The van der Waals surface area contributed by atoms with Crippen LogP contribution in [0.2, 0.25) is 0 Å². The number of nitrogens with one attached hydrogen (secondary N) is 2. The Morgan fingerprint density at radius 3 is 2.56 bits per heavy atom. The molecule has 0 bridgehead atoms. The van der Waals surface area contributed by atoms with E-state index in [4.69, 9.17) is 5.84 Å². The molecule has 0 fully saturated rings. The number of nitrogens with zero attached hydrogens (tertiary/aromatic N) is 1. The predicted octanol–water partition coefficient (Wildman–Crippen LogP) is 3.06. The molecule has 1 aromatic heterocycles. The molecule has 2 rings (SSSR count). The summed E-state index contributed by atoms with van der Waals surface area (Å²) < 4.78 is 0. The third kappa shape index (κ3) is 3.21. The smallest absolute Gasteiger partial charge is 0.141 e. The van der Waals surface area contributed by atoms with E-state index in [0.717, 1.165) is 17.8 Å². The molecule has 0 spiro atoms. The lowest BCUT2D eigenvalue weighted by atomic mass is 10.1. The maximum atomic E-state index is 5.33. The predicted molar refractivity (Wildman–Crippen MR) is 75.8 cm³/mol. The van der Waals surface area contributed by atoms with E-state index in [1.165, 1.54) is 12.0 Å². The monoisotopic (exact) mass is 242 g/mol. The van der Waals surface area contributed by atoms with E-state index in [0.29, 0.717) is 5.82 Å². The molecule has 0 aliphatic carbocycles. The largest absolute Gasteiger partial charge is 0.355 e. The van der Waals surface area contributed by atoms with Gasteiger partial charge in [0.1, 0.15) is 5.82 Å². The molecule has 1 heterocycles. The van der Waals surface area contributed by atoms with Gasteiger partial charge < -0.3 is 10.7 Å². The normalized spacial score (nSPS) is 10.1.